The van der Waals surface area contributed by atoms with Crippen LogP contribution in [0.5, 0.6) is 5.75 Å². The summed E-state index contributed by atoms with van der Waals surface area (Å²) in [5, 5.41) is 3.08. The molecule has 1 atom stereocenters. The number of carbonyl (C=O) groups excluding carboxylic acids is 2. The number of piperidine rings is 1. The van der Waals surface area contributed by atoms with Crippen molar-refractivity contribution in [2.75, 3.05) is 26.2 Å². The van der Waals surface area contributed by atoms with Gasteiger partial charge in [-0.2, -0.15) is 0 Å². The molecule has 2 aliphatic rings. The zero-order valence-electron chi connectivity index (χ0n) is 23.3. The van der Waals surface area contributed by atoms with Gasteiger partial charge < -0.3 is 15.0 Å². The van der Waals surface area contributed by atoms with Gasteiger partial charge in [0.1, 0.15) is 23.1 Å². The van der Waals surface area contributed by atoms with Gasteiger partial charge in [-0.05, 0) is 75.3 Å². The third-order valence-electron chi connectivity index (χ3n) is 7.25. The lowest BCUT2D eigenvalue weighted by atomic mass is 9.80. The number of aromatic nitrogens is 1. The monoisotopic (exact) mass is 508 g/mol. The molecule has 3 rings (SSSR count). The highest BCUT2D eigenvalue weighted by atomic mass is 16.5. The third-order valence-corrected chi connectivity index (χ3v) is 7.25. The molecule has 0 unspecified atom stereocenters. The molecule has 1 aromatic rings. The van der Waals surface area contributed by atoms with Gasteiger partial charge >= 0.3 is 0 Å². The number of ether oxygens (including phenoxy) is 1. The lowest BCUT2D eigenvalue weighted by molar-refractivity contribution is -0.161. The van der Waals surface area contributed by atoms with Crippen LogP contribution < -0.4 is 10.1 Å². The quantitative estimate of drug-likeness (QED) is 0.344. The lowest BCUT2D eigenvalue weighted by Gasteiger charge is -2.52. The number of pyridine rings is 1. The molecule has 2 fully saturated rings. The van der Waals surface area contributed by atoms with Gasteiger partial charge in [-0.15, -0.1) is 0 Å². The Morgan fingerprint density at radius 1 is 1.27 bits per heavy atom. The summed E-state index contributed by atoms with van der Waals surface area (Å²) >= 11 is 0. The van der Waals surface area contributed by atoms with Crippen LogP contribution in [0.3, 0.4) is 0 Å². The second kappa shape index (κ2) is 13.0. The summed E-state index contributed by atoms with van der Waals surface area (Å²) in [5.74, 6) is 1.88. The smallest absolute Gasteiger partial charge is 0.246 e. The summed E-state index contributed by atoms with van der Waals surface area (Å²) in [7, 11) is 0. The van der Waals surface area contributed by atoms with Crippen LogP contribution in [-0.4, -0.2) is 64.4 Å². The Hall–Kier alpha value is -2.93. The first-order chi connectivity index (χ1) is 17.7. The molecule has 0 aliphatic carbocycles. The van der Waals surface area contributed by atoms with Crippen molar-refractivity contribution < 1.29 is 14.3 Å². The van der Waals surface area contributed by atoms with Crippen LogP contribution >= 0.6 is 0 Å². The standard InChI is InChI=1S/C30H44N4O3/c1-7-9-16-34-28(35)27(19-22(3)4)32-29(36)30(34)14-17-33(18-15-30)21-23(5)10-12-25(8-2)37-26-13-11-24(6)31-20-26/h8,10-13,20,22,27H,5,7,9,14-19,21H2,1-4,6H3,(H,32,36)/b12-10-,25-8+/t27-/m1/s1. The van der Waals surface area contributed by atoms with Crippen LogP contribution in [0, 0.1) is 12.8 Å². The zero-order valence-corrected chi connectivity index (χ0v) is 23.3. The lowest BCUT2D eigenvalue weighted by Crippen LogP contribution is -2.73. The summed E-state index contributed by atoms with van der Waals surface area (Å²) in [6.07, 6.45) is 11.4. The molecule has 1 N–H and O–H groups in total. The fourth-order valence-corrected chi connectivity index (χ4v) is 5.11. The molecule has 0 saturated carbocycles. The minimum absolute atomic E-state index is 0.0210. The van der Waals surface area contributed by atoms with E-state index >= 15 is 0 Å². The largest absolute Gasteiger partial charge is 0.456 e. The molecular weight excluding hydrogens is 464 g/mol. The van der Waals surface area contributed by atoms with E-state index in [2.05, 4.69) is 42.6 Å². The number of likely N-dealkylation sites (tertiary alicyclic amines) is 1. The molecule has 3 heterocycles. The Balaban J connectivity index is 1.59. The summed E-state index contributed by atoms with van der Waals surface area (Å²) in [6.45, 7) is 17.2. The number of hydrogen-bond acceptors (Lipinski definition) is 5. The van der Waals surface area contributed by atoms with Crippen LogP contribution in [0.1, 0.15) is 65.5 Å². The SMILES string of the molecule is C=C(/C=C\C(=C/C)Oc1ccc(C)nc1)CN1CCC2(CC1)C(=O)N[C@H](CC(C)C)C(=O)N2CCCC. The molecule has 1 spiro atoms. The maximum Gasteiger partial charge on any atom is 0.246 e. The first-order valence-electron chi connectivity index (χ1n) is 13.7. The average molecular weight is 509 g/mol. The van der Waals surface area contributed by atoms with Crippen molar-refractivity contribution in [3.63, 3.8) is 0 Å². The van der Waals surface area contributed by atoms with Gasteiger partial charge in [-0.1, -0.05) is 39.8 Å². The third kappa shape index (κ3) is 7.31. The molecule has 2 amide bonds. The van der Waals surface area contributed by atoms with Crippen LogP contribution in [-0.2, 0) is 9.59 Å². The second-order valence-electron chi connectivity index (χ2n) is 10.7. The average Bonchev–Trinajstić information content (AvgIpc) is 2.87. The van der Waals surface area contributed by atoms with Crippen LogP contribution in [0.4, 0.5) is 0 Å². The predicted molar refractivity (Wildman–Crippen MR) is 148 cm³/mol. The van der Waals surface area contributed by atoms with Crippen molar-refractivity contribution in [1.29, 1.82) is 0 Å². The van der Waals surface area contributed by atoms with Crippen molar-refractivity contribution in [3.8, 4) is 5.75 Å². The van der Waals surface area contributed by atoms with E-state index in [1.165, 1.54) is 0 Å². The Labute approximate surface area is 222 Å². The number of rotatable bonds is 11. The Kier molecular flexibility index (Phi) is 10.1. The minimum atomic E-state index is -0.735. The van der Waals surface area contributed by atoms with E-state index in [4.69, 9.17) is 4.74 Å². The van der Waals surface area contributed by atoms with E-state index in [-0.39, 0.29) is 11.8 Å². The summed E-state index contributed by atoms with van der Waals surface area (Å²) in [5.41, 5.74) is 1.17. The molecule has 202 valence electrons. The number of aryl methyl sites for hydroxylation is 1. The molecular formula is C30H44N4O3. The Morgan fingerprint density at radius 3 is 2.59 bits per heavy atom. The number of nitrogens with one attached hydrogen (secondary N) is 1. The van der Waals surface area contributed by atoms with Gasteiger partial charge in [0.2, 0.25) is 11.8 Å². The van der Waals surface area contributed by atoms with E-state index in [0.717, 1.165) is 43.0 Å². The molecule has 2 saturated heterocycles. The van der Waals surface area contributed by atoms with Gasteiger partial charge in [0.15, 0.2) is 0 Å². The normalized spacial score (nSPS) is 20.6. The maximum atomic E-state index is 13.4. The summed E-state index contributed by atoms with van der Waals surface area (Å²) in [4.78, 5) is 35.3. The molecule has 1 aromatic heterocycles. The number of allylic oxidation sites excluding steroid dienone is 2. The van der Waals surface area contributed by atoms with Crippen molar-refractivity contribution in [2.45, 2.75) is 78.3 Å². The van der Waals surface area contributed by atoms with Crippen LogP contribution in [0.2, 0.25) is 0 Å². The van der Waals surface area contributed by atoms with Crippen molar-refractivity contribution >= 4 is 11.8 Å². The first-order valence-corrected chi connectivity index (χ1v) is 13.7. The molecule has 0 radical (unpaired) electrons. The molecule has 7 nitrogen and oxygen atoms in total. The van der Waals surface area contributed by atoms with E-state index in [0.29, 0.717) is 44.0 Å². The fourth-order valence-electron chi connectivity index (χ4n) is 5.11. The second-order valence-corrected chi connectivity index (χ2v) is 10.7. The minimum Gasteiger partial charge on any atom is -0.456 e. The summed E-state index contributed by atoms with van der Waals surface area (Å²) in [6, 6.07) is 3.41. The molecule has 0 bridgehead atoms. The van der Waals surface area contributed by atoms with Gasteiger partial charge in [-0.25, -0.2) is 0 Å². The van der Waals surface area contributed by atoms with E-state index in [1.54, 1.807) is 6.20 Å². The highest BCUT2D eigenvalue weighted by Crippen LogP contribution is 2.34. The van der Waals surface area contributed by atoms with E-state index in [9.17, 15) is 9.59 Å². The van der Waals surface area contributed by atoms with Crippen LogP contribution in [0.25, 0.3) is 0 Å². The highest BCUT2D eigenvalue weighted by Gasteiger charge is 2.53. The van der Waals surface area contributed by atoms with Gasteiger partial charge in [0, 0.05) is 31.9 Å². The Morgan fingerprint density at radius 2 is 2.00 bits per heavy atom. The number of nitrogens with zero attached hydrogens (tertiary/aromatic N) is 3. The first kappa shape index (κ1) is 28.6. The molecule has 37 heavy (non-hydrogen) atoms. The zero-order chi connectivity index (χ0) is 27.0. The fraction of sp³-hybridized carbons (Fsp3) is 0.567. The number of carbonyl (C=O) groups is 2. The van der Waals surface area contributed by atoms with E-state index < -0.39 is 11.6 Å². The summed E-state index contributed by atoms with van der Waals surface area (Å²) < 4.78 is 5.91. The number of piperazine rings is 1. The van der Waals surface area contributed by atoms with Crippen molar-refractivity contribution in [3.05, 3.63) is 60.2 Å². The van der Waals surface area contributed by atoms with Crippen molar-refractivity contribution in [1.82, 2.24) is 20.1 Å². The van der Waals surface area contributed by atoms with Gasteiger partial charge in [0.25, 0.3) is 0 Å². The van der Waals surface area contributed by atoms with E-state index in [1.807, 2.05) is 49.1 Å². The van der Waals surface area contributed by atoms with Gasteiger partial charge in [0.05, 0.1) is 6.20 Å². The highest BCUT2D eigenvalue weighted by molar-refractivity contribution is 6.00. The van der Waals surface area contributed by atoms with Crippen molar-refractivity contribution in [2.24, 2.45) is 5.92 Å². The van der Waals surface area contributed by atoms with Crippen LogP contribution in [0.15, 0.2) is 54.5 Å². The van der Waals surface area contributed by atoms with Gasteiger partial charge in [-0.3, -0.25) is 19.5 Å². The Bertz CT molecular complexity index is 1000. The molecule has 2 aliphatic heterocycles. The molecule has 7 heteroatoms. The predicted octanol–water partition coefficient (Wildman–Crippen LogP) is 4.79. The topological polar surface area (TPSA) is 74.8 Å². The number of unbranched alkanes of at least 4 members (excludes halogenated alkanes) is 1. The number of amides is 2. The molecule has 0 aromatic carbocycles. The maximum absolute atomic E-state index is 13.4. The number of hydrogen-bond donors (Lipinski definition) is 1.